The van der Waals surface area contributed by atoms with Gasteiger partial charge in [-0.15, -0.1) is 0 Å². The van der Waals surface area contributed by atoms with Gasteiger partial charge in [-0.3, -0.25) is 9.59 Å². The monoisotopic (exact) mass is 803 g/mol. The van der Waals surface area contributed by atoms with E-state index in [9.17, 15) is 9.59 Å². The average Bonchev–Trinajstić information content (AvgIpc) is 3.20. The summed E-state index contributed by atoms with van der Waals surface area (Å²) >= 11 is 0. The number of aldehydes is 2. The van der Waals surface area contributed by atoms with Gasteiger partial charge < -0.3 is 9.47 Å². The Kier molecular flexibility index (Phi) is 28.6. The minimum Gasteiger partial charge on any atom is -0.493 e. The van der Waals surface area contributed by atoms with E-state index >= 15 is 0 Å². The van der Waals surface area contributed by atoms with E-state index in [-0.39, 0.29) is 10.8 Å². The SMILES string of the molecule is CC(C)(C)c1ccc(OCCCCCCCCCCCCCCCCCCCCCCCCCCCCCCCCOc2ccc(C(C)(C)C)cc2C=O)c(C=O)c1. The molecular weight excluding hydrogens is 713 g/mol. The molecular formula is C54H90O4. The van der Waals surface area contributed by atoms with E-state index in [2.05, 4.69) is 53.7 Å². The molecule has 0 aromatic heterocycles. The molecule has 0 atom stereocenters. The molecule has 2 rings (SSSR count). The molecule has 0 spiro atoms. The third-order valence-electron chi connectivity index (χ3n) is 12.1. The summed E-state index contributed by atoms with van der Waals surface area (Å²) in [6, 6.07) is 12.0. The van der Waals surface area contributed by atoms with Crippen LogP contribution in [0.1, 0.15) is 266 Å². The zero-order chi connectivity index (χ0) is 42.2. The molecule has 0 fully saturated rings. The van der Waals surface area contributed by atoms with Gasteiger partial charge in [0.15, 0.2) is 12.6 Å². The summed E-state index contributed by atoms with van der Waals surface area (Å²) in [7, 11) is 0. The molecule has 0 aliphatic rings. The lowest BCUT2D eigenvalue weighted by Crippen LogP contribution is -2.12. The second-order valence-corrected chi connectivity index (χ2v) is 19.5. The molecule has 0 unspecified atom stereocenters. The fraction of sp³-hybridized carbons (Fsp3) is 0.741. The minimum absolute atomic E-state index is 0.0348. The van der Waals surface area contributed by atoms with E-state index in [1.54, 1.807) is 0 Å². The van der Waals surface area contributed by atoms with Gasteiger partial charge in [-0.25, -0.2) is 0 Å². The van der Waals surface area contributed by atoms with E-state index < -0.39 is 0 Å². The largest absolute Gasteiger partial charge is 0.493 e. The highest BCUT2D eigenvalue weighted by molar-refractivity contribution is 5.80. The van der Waals surface area contributed by atoms with Crippen LogP contribution in [-0.2, 0) is 10.8 Å². The summed E-state index contributed by atoms with van der Waals surface area (Å²) in [6.45, 7) is 14.4. The van der Waals surface area contributed by atoms with Gasteiger partial charge in [-0.05, 0) is 59.1 Å². The molecule has 0 aliphatic heterocycles. The van der Waals surface area contributed by atoms with Gasteiger partial charge in [-0.1, -0.05) is 233 Å². The van der Waals surface area contributed by atoms with Crippen molar-refractivity contribution in [1.82, 2.24) is 0 Å². The quantitative estimate of drug-likeness (QED) is 0.0504. The van der Waals surface area contributed by atoms with E-state index in [1.807, 2.05) is 24.3 Å². The highest BCUT2D eigenvalue weighted by atomic mass is 16.5. The number of ether oxygens (including phenoxy) is 2. The van der Waals surface area contributed by atoms with Crippen molar-refractivity contribution >= 4 is 12.6 Å². The van der Waals surface area contributed by atoms with E-state index in [0.29, 0.717) is 24.3 Å². The third kappa shape index (κ3) is 25.1. The fourth-order valence-corrected chi connectivity index (χ4v) is 8.00. The second kappa shape index (κ2) is 32.2. The number of benzene rings is 2. The van der Waals surface area contributed by atoms with Gasteiger partial charge >= 0.3 is 0 Å². The summed E-state index contributed by atoms with van der Waals surface area (Å²) in [6.07, 6.45) is 42.9. The van der Waals surface area contributed by atoms with Gasteiger partial charge in [0.25, 0.3) is 0 Å². The van der Waals surface area contributed by atoms with Crippen LogP contribution in [-0.4, -0.2) is 25.8 Å². The number of carbonyl (C=O) groups excluding carboxylic acids is 2. The van der Waals surface area contributed by atoms with Crippen LogP contribution in [0.3, 0.4) is 0 Å². The first-order chi connectivity index (χ1) is 28.1. The highest BCUT2D eigenvalue weighted by Crippen LogP contribution is 2.29. The molecule has 2 aromatic rings. The van der Waals surface area contributed by atoms with Gasteiger partial charge in [0.05, 0.1) is 24.3 Å². The van der Waals surface area contributed by atoms with Crippen LogP contribution in [0.5, 0.6) is 11.5 Å². The van der Waals surface area contributed by atoms with Crippen molar-refractivity contribution in [2.75, 3.05) is 13.2 Å². The normalized spacial score (nSPS) is 11.9. The zero-order valence-corrected chi connectivity index (χ0v) is 38.9. The first-order valence-electron chi connectivity index (χ1n) is 24.5. The highest BCUT2D eigenvalue weighted by Gasteiger charge is 2.17. The van der Waals surface area contributed by atoms with Gasteiger partial charge in [0, 0.05) is 0 Å². The molecule has 0 saturated carbocycles. The Labute approximate surface area is 358 Å². The van der Waals surface area contributed by atoms with E-state index in [1.165, 1.54) is 191 Å². The van der Waals surface area contributed by atoms with Crippen molar-refractivity contribution in [3.8, 4) is 11.5 Å². The molecule has 0 radical (unpaired) electrons. The van der Waals surface area contributed by atoms with Crippen LogP contribution in [0.4, 0.5) is 0 Å². The van der Waals surface area contributed by atoms with Crippen LogP contribution >= 0.6 is 0 Å². The Hall–Kier alpha value is -2.62. The molecule has 4 heteroatoms. The van der Waals surface area contributed by atoms with Crippen molar-refractivity contribution in [2.45, 2.75) is 245 Å². The topological polar surface area (TPSA) is 52.6 Å². The predicted octanol–water partition coefficient (Wildman–Crippen LogP) is 17.1. The number of hydrogen-bond donors (Lipinski definition) is 0. The molecule has 4 nitrogen and oxygen atoms in total. The van der Waals surface area contributed by atoms with Crippen molar-refractivity contribution in [2.24, 2.45) is 0 Å². The molecule has 2 aromatic carbocycles. The maximum atomic E-state index is 11.5. The summed E-state index contributed by atoms with van der Waals surface area (Å²) in [5.74, 6) is 1.45. The van der Waals surface area contributed by atoms with Crippen molar-refractivity contribution in [3.63, 3.8) is 0 Å². The van der Waals surface area contributed by atoms with Crippen LogP contribution in [0.25, 0.3) is 0 Å². The van der Waals surface area contributed by atoms with Crippen LogP contribution in [0.2, 0.25) is 0 Å². The maximum Gasteiger partial charge on any atom is 0.153 e. The first kappa shape index (κ1) is 51.5. The number of carbonyl (C=O) groups is 2. The fourth-order valence-electron chi connectivity index (χ4n) is 8.00. The molecule has 0 N–H and O–H groups in total. The van der Waals surface area contributed by atoms with E-state index in [4.69, 9.17) is 9.47 Å². The van der Waals surface area contributed by atoms with Crippen molar-refractivity contribution < 1.29 is 19.1 Å². The summed E-state index contributed by atoms with van der Waals surface area (Å²) in [5.41, 5.74) is 3.74. The van der Waals surface area contributed by atoms with Gasteiger partial charge in [-0.2, -0.15) is 0 Å². The van der Waals surface area contributed by atoms with Crippen LogP contribution < -0.4 is 9.47 Å². The second-order valence-electron chi connectivity index (χ2n) is 19.5. The summed E-state index contributed by atoms with van der Waals surface area (Å²) in [5, 5.41) is 0. The number of hydrogen-bond acceptors (Lipinski definition) is 4. The summed E-state index contributed by atoms with van der Waals surface area (Å²) in [4.78, 5) is 23.1. The lowest BCUT2D eigenvalue weighted by Gasteiger charge is -2.20. The average molecular weight is 803 g/mol. The molecule has 0 heterocycles. The van der Waals surface area contributed by atoms with E-state index in [0.717, 1.165) is 36.9 Å². The number of rotatable bonds is 37. The van der Waals surface area contributed by atoms with Crippen molar-refractivity contribution in [1.29, 1.82) is 0 Å². The predicted molar refractivity (Wildman–Crippen MR) is 251 cm³/mol. The molecule has 0 bridgehead atoms. The smallest absolute Gasteiger partial charge is 0.153 e. The Morgan fingerprint density at radius 1 is 0.345 bits per heavy atom. The Bertz CT molecular complexity index is 1210. The Balaban J connectivity index is 1.22. The van der Waals surface area contributed by atoms with Crippen LogP contribution in [0.15, 0.2) is 36.4 Å². The standard InChI is InChI=1S/C54H90O4/c1-53(2,3)49-37-39-51(47(43-49)45-55)57-41-35-33-31-29-27-25-23-21-19-17-15-13-11-9-7-8-10-12-14-16-18-20-22-24-26-28-30-32-34-36-42-58-52-40-38-50(54(4,5)6)44-48(52)46-56/h37-40,43-46H,7-36,41-42H2,1-6H3. The molecule has 0 aliphatic carbocycles. The molecule has 58 heavy (non-hydrogen) atoms. The Morgan fingerprint density at radius 2 is 0.552 bits per heavy atom. The zero-order valence-electron chi connectivity index (χ0n) is 38.9. The van der Waals surface area contributed by atoms with Gasteiger partial charge in [0.2, 0.25) is 0 Å². The minimum atomic E-state index is 0.0348. The lowest BCUT2D eigenvalue weighted by molar-refractivity contribution is 0.111. The van der Waals surface area contributed by atoms with Crippen molar-refractivity contribution in [3.05, 3.63) is 58.7 Å². The first-order valence-corrected chi connectivity index (χ1v) is 24.5. The molecule has 0 saturated heterocycles. The molecule has 0 amide bonds. The summed E-state index contributed by atoms with van der Waals surface area (Å²) < 4.78 is 11.9. The van der Waals surface area contributed by atoms with Crippen LogP contribution in [0, 0.1) is 0 Å². The lowest BCUT2D eigenvalue weighted by atomic mass is 9.86. The van der Waals surface area contributed by atoms with Gasteiger partial charge in [0.1, 0.15) is 11.5 Å². The third-order valence-corrected chi connectivity index (χ3v) is 12.1. The molecule has 330 valence electrons. The Morgan fingerprint density at radius 3 is 0.741 bits per heavy atom. The maximum absolute atomic E-state index is 11.5. The number of unbranched alkanes of at least 4 members (excludes halogenated alkanes) is 29.